The summed E-state index contributed by atoms with van der Waals surface area (Å²) in [5.74, 6) is 0.949. The first kappa shape index (κ1) is 51.9. The van der Waals surface area contributed by atoms with Crippen molar-refractivity contribution in [2.75, 3.05) is 9.80 Å². The molecule has 9 heteroatoms. The first-order valence-corrected chi connectivity index (χ1v) is 28.5. The van der Waals surface area contributed by atoms with Gasteiger partial charge in [0, 0.05) is 39.3 Å². The molecule has 0 spiro atoms. The van der Waals surface area contributed by atoms with Crippen LogP contribution in [0.2, 0.25) is 0 Å². The number of furan rings is 1. The smallest absolute Gasteiger partial charge is 0.257 e. The van der Waals surface area contributed by atoms with Gasteiger partial charge in [-0.15, -0.1) is 16.4 Å². The van der Waals surface area contributed by atoms with Gasteiger partial charge in [-0.3, -0.25) is 4.90 Å². The summed E-state index contributed by atoms with van der Waals surface area (Å²) in [6.45, 7) is 40.9. The molecule has 75 heavy (non-hydrogen) atoms. The molecule has 0 atom stereocenters. The Morgan fingerprint density at radius 1 is 0.440 bits per heavy atom. The Morgan fingerprint density at radius 3 is 1.45 bits per heavy atom. The number of fused-ring (bicyclic) bond motifs is 8. The fourth-order valence-electron chi connectivity index (χ4n) is 14.0. The Hall–Kier alpha value is -5.15. The van der Waals surface area contributed by atoms with Crippen molar-refractivity contribution in [2.45, 2.75) is 181 Å². The van der Waals surface area contributed by atoms with Gasteiger partial charge in [-0.2, -0.15) is 0 Å². The van der Waals surface area contributed by atoms with Crippen LogP contribution < -0.4 is 53.5 Å². The monoisotopic (exact) mass is 985 g/mol. The lowest BCUT2D eigenvalue weighted by Crippen LogP contribution is -2.61. The molecule has 2 aliphatic carbocycles. The molecule has 3 nitrogen and oxygen atoms in total. The average Bonchev–Trinajstić information content (AvgIpc) is 3.77. The van der Waals surface area contributed by atoms with E-state index in [1.807, 2.05) is 0 Å². The Balaban J connectivity index is 1.35. The minimum absolute atomic E-state index is 0.0158. The third-order valence-corrected chi connectivity index (χ3v) is 19.8. The van der Waals surface area contributed by atoms with Crippen molar-refractivity contribution >= 4 is 135 Å². The maximum atomic E-state index is 7.75. The second kappa shape index (κ2) is 16.4. The van der Waals surface area contributed by atoms with Crippen molar-refractivity contribution in [2.24, 2.45) is 0 Å². The van der Waals surface area contributed by atoms with Crippen LogP contribution in [0.1, 0.15) is 182 Å². The molecule has 0 radical (unpaired) electrons. The predicted molar refractivity (Wildman–Crippen MR) is 343 cm³/mol. The van der Waals surface area contributed by atoms with E-state index in [1.54, 1.807) is 0 Å². The third-order valence-electron chi connectivity index (χ3n) is 19.8. The molecule has 0 saturated carbocycles. The number of hydrogen-bond donors (Lipinski definition) is 0. The van der Waals surface area contributed by atoms with Crippen LogP contribution in [-0.4, -0.2) is 45.9 Å². The van der Waals surface area contributed by atoms with E-state index >= 15 is 0 Å². The normalized spacial score (nSPS) is 18.1. The first-order chi connectivity index (χ1) is 34.6. The minimum Gasteiger partial charge on any atom is -0.440 e. The SMILES string of the molecule is Bc1c(B)c(B)c(-c2cc3c4c(c2)N(c2ccc5c(c2)C(C)(C)CCC5(C)C)c2oc5cc6c(cc5c2B4c2ccc(C(C)(C)C)cc2N3c2cc(C(C)(C)C)cc(C(C)(C)C)c2)C(C)(C)CCC6(C)C)c(B)c1B. The summed E-state index contributed by atoms with van der Waals surface area (Å²) in [5.41, 5.74) is 30.2. The van der Waals surface area contributed by atoms with E-state index in [-0.39, 0.29) is 44.6 Å². The largest absolute Gasteiger partial charge is 0.440 e. The summed E-state index contributed by atoms with van der Waals surface area (Å²) >= 11 is 0. The second-order valence-corrected chi connectivity index (χ2v) is 29.8. The highest BCUT2D eigenvalue weighted by atomic mass is 16.4. The molecule has 6 aromatic carbocycles. The maximum absolute atomic E-state index is 7.75. The molecule has 11 rings (SSSR count). The highest BCUT2D eigenvalue weighted by Crippen LogP contribution is 2.54. The Bertz CT molecular complexity index is 3530. The molecule has 3 heterocycles. The summed E-state index contributed by atoms with van der Waals surface area (Å²) < 4.78 is 7.75. The summed E-state index contributed by atoms with van der Waals surface area (Å²) in [4.78, 5) is 5.28. The van der Waals surface area contributed by atoms with Gasteiger partial charge in [-0.25, -0.2) is 0 Å². The summed E-state index contributed by atoms with van der Waals surface area (Å²) in [7, 11) is 11.7. The van der Waals surface area contributed by atoms with Crippen molar-refractivity contribution in [1.29, 1.82) is 0 Å². The standard InChI is InChI=1S/C66H82B6N2O/c1-60(2,3)36-18-21-46-47(31-36)73(40-29-37(61(4,5)6)28-38(30-40)62(7,8)9)48-26-35(51-52(67)54(69)56(71)55(70)53(51)68)27-49-58(48)72(46)57-41-33-44-45(66(16,17)25-24-65(44,14)15)34-50(41)75-59(57)74(49)39-19-20-42-43(32-39)64(12,13)23-22-63(42,10)11/h18-21,26-34H,22-25,67-71H2,1-17H3. The van der Waals surface area contributed by atoms with Crippen LogP contribution in [0, 0.1) is 0 Å². The second-order valence-electron chi connectivity index (χ2n) is 29.8. The van der Waals surface area contributed by atoms with Gasteiger partial charge in [0.25, 0.3) is 6.71 Å². The van der Waals surface area contributed by atoms with Gasteiger partial charge in [0.05, 0.1) is 0 Å². The van der Waals surface area contributed by atoms with Gasteiger partial charge >= 0.3 is 0 Å². The van der Waals surface area contributed by atoms with Crippen LogP contribution in [0.15, 0.2) is 83.3 Å². The maximum Gasteiger partial charge on any atom is 0.257 e. The fraction of sp³-hybridized carbons (Fsp3) is 0.424. The van der Waals surface area contributed by atoms with E-state index in [4.69, 9.17) is 4.42 Å². The van der Waals surface area contributed by atoms with Crippen LogP contribution >= 0.6 is 0 Å². The third kappa shape index (κ3) is 7.94. The van der Waals surface area contributed by atoms with Gasteiger partial charge in [0.2, 0.25) is 5.88 Å². The van der Waals surface area contributed by atoms with E-state index in [2.05, 4.69) is 246 Å². The highest BCUT2D eigenvalue weighted by Gasteiger charge is 2.49. The van der Waals surface area contributed by atoms with E-state index in [0.717, 1.165) is 36.4 Å². The molecule has 4 aliphatic rings. The zero-order chi connectivity index (χ0) is 54.4. The summed E-state index contributed by atoms with van der Waals surface area (Å²) in [6.07, 6.45) is 4.62. The van der Waals surface area contributed by atoms with Gasteiger partial charge in [0.15, 0.2) is 0 Å². The number of benzene rings is 6. The van der Waals surface area contributed by atoms with E-state index in [1.165, 1.54) is 128 Å². The molecule has 0 fully saturated rings. The van der Waals surface area contributed by atoms with E-state index in [0.29, 0.717) is 0 Å². The predicted octanol–water partition coefficient (Wildman–Crippen LogP) is 8.06. The molecular weight excluding hydrogens is 902 g/mol. The summed E-state index contributed by atoms with van der Waals surface area (Å²) in [5, 5.41) is 1.24. The zero-order valence-electron chi connectivity index (χ0n) is 50.2. The minimum atomic E-state index is -0.0980. The van der Waals surface area contributed by atoms with Gasteiger partial charge in [-0.1, -0.05) is 153 Å². The Morgan fingerprint density at radius 2 is 0.920 bits per heavy atom. The number of rotatable bonds is 3. The fourth-order valence-corrected chi connectivity index (χ4v) is 14.0. The summed E-state index contributed by atoms with van der Waals surface area (Å²) in [6, 6.07) is 32.7. The van der Waals surface area contributed by atoms with Gasteiger partial charge in [-0.05, 0) is 179 Å². The van der Waals surface area contributed by atoms with Crippen molar-refractivity contribution < 1.29 is 4.42 Å². The van der Waals surface area contributed by atoms with Crippen molar-refractivity contribution in [3.05, 3.63) is 118 Å². The van der Waals surface area contributed by atoms with Gasteiger partial charge in [0.1, 0.15) is 44.8 Å². The Labute approximate surface area is 456 Å². The molecule has 380 valence electrons. The number of anilines is 6. The van der Waals surface area contributed by atoms with Crippen LogP contribution in [0.25, 0.3) is 22.1 Å². The highest BCUT2D eigenvalue weighted by molar-refractivity contribution is 7.01. The van der Waals surface area contributed by atoms with E-state index < -0.39 is 0 Å². The molecule has 0 unspecified atom stereocenters. The lowest BCUT2D eigenvalue weighted by atomic mass is 9.33. The quantitative estimate of drug-likeness (QED) is 0.167. The molecule has 2 aliphatic heterocycles. The molecule has 1 aromatic heterocycles. The molecule has 0 N–H and O–H groups in total. The Kier molecular flexibility index (Phi) is 11.4. The molecular formula is C66H82B6N2O. The molecule has 0 saturated heterocycles. The van der Waals surface area contributed by atoms with Crippen LogP contribution in [0.5, 0.6) is 0 Å². The van der Waals surface area contributed by atoms with Gasteiger partial charge < -0.3 is 9.32 Å². The topological polar surface area (TPSA) is 19.6 Å². The van der Waals surface area contributed by atoms with Crippen LogP contribution in [0.4, 0.5) is 34.3 Å². The molecule has 7 aromatic rings. The van der Waals surface area contributed by atoms with Crippen molar-refractivity contribution in [3.8, 4) is 11.1 Å². The number of nitrogens with zero attached hydrogens (tertiary/aromatic N) is 2. The lowest BCUT2D eigenvalue weighted by Gasteiger charge is -2.45. The first-order valence-electron chi connectivity index (χ1n) is 28.5. The van der Waals surface area contributed by atoms with E-state index in [9.17, 15) is 0 Å². The van der Waals surface area contributed by atoms with Crippen molar-refractivity contribution in [1.82, 2.24) is 0 Å². The van der Waals surface area contributed by atoms with Crippen molar-refractivity contribution in [3.63, 3.8) is 0 Å². The van der Waals surface area contributed by atoms with Crippen LogP contribution in [-0.2, 0) is 37.9 Å². The molecule has 0 bridgehead atoms. The lowest BCUT2D eigenvalue weighted by molar-refractivity contribution is 0.332. The molecule has 0 amide bonds. The van der Waals surface area contributed by atoms with Crippen LogP contribution in [0.3, 0.4) is 0 Å². The number of hydrogen-bond acceptors (Lipinski definition) is 3. The average molecular weight is 984 g/mol. The zero-order valence-corrected chi connectivity index (χ0v) is 50.2.